The van der Waals surface area contributed by atoms with Gasteiger partial charge in [-0.15, -0.1) is 0 Å². The van der Waals surface area contributed by atoms with E-state index in [0.717, 1.165) is 30.9 Å². The number of anilines is 1. The zero-order valence-corrected chi connectivity index (χ0v) is 18.3. The molecule has 7 heteroatoms. The summed E-state index contributed by atoms with van der Waals surface area (Å²) in [6.07, 6.45) is 1.02. The van der Waals surface area contributed by atoms with E-state index in [1.165, 1.54) is 18.2 Å². The molecular formula is C23H22Cl2FN3O. The number of hydrogen-bond acceptors (Lipinski definition) is 4. The molecule has 1 atom stereocenters. The minimum atomic E-state index is -0.443. The SMILES string of the molecule is CN(C)C1CCN(c2cc(-c3c(Cl)cccc3Cl)cc(-c3cc(F)ccc3O)n2)C1. The molecule has 4 nitrogen and oxygen atoms in total. The Morgan fingerprint density at radius 3 is 2.50 bits per heavy atom. The molecule has 2 aromatic carbocycles. The molecule has 1 aliphatic heterocycles. The lowest BCUT2D eigenvalue weighted by molar-refractivity contribution is 0.315. The standard InChI is InChI=1S/C23H22Cl2FN3O/c1-28(2)16-8-9-29(13-16)22-11-14(23-18(24)4-3-5-19(23)25)10-20(27-22)17-12-15(26)6-7-21(17)30/h3-7,10-12,16,30H,8-9,13H2,1-2H3. The molecule has 0 radical (unpaired) electrons. The third kappa shape index (κ3) is 4.10. The molecule has 0 spiro atoms. The number of benzene rings is 2. The van der Waals surface area contributed by atoms with Gasteiger partial charge in [0, 0.05) is 40.3 Å². The van der Waals surface area contributed by atoms with E-state index < -0.39 is 5.82 Å². The van der Waals surface area contributed by atoms with Gasteiger partial charge in [0.1, 0.15) is 17.4 Å². The smallest absolute Gasteiger partial charge is 0.129 e. The molecule has 4 rings (SSSR count). The maximum Gasteiger partial charge on any atom is 0.129 e. The molecule has 0 bridgehead atoms. The first kappa shape index (κ1) is 20.9. The van der Waals surface area contributed by atoms with Gasteiger partial charge in [-0.05, 0) is 68.5 Å². The summed E-state index contributed by atoms with van der Waals surface area (Å²) in [6, 6.07) is 13.3. The lowest BCUT2D eigenvalue weighted by Gasteiger charge is -2.22. The molecule has 1 aliphatic rings. The average Bonchev–Trinajstić information content (AvgIpc) is 3.20. The highest BCUT2D eigenvalue weighted by atomic mass is 35.5. The van der Waals surface area contributed by atoms with Crippen LogP contribution in [0, 0.1) is 5.82 Å². The van der Waals surface area contributed by atoms with Crippen LogP contribution in [0.3, 0.4) is 0 Å². The number of nitrogens with zero attached hydrogens (tertiary/aromatic N) is 3. The van der Waals surface area contributed by atoms with Gasteiger partial charge in [-0.3, -0.25) is 0 Å². The van der Waals surface area contributed by atoms with Crippen molar-refractivity contribution in [1.29, 1.82) is 0 Å². The topological polar surface area (TPSA) is 39.6 Å². The van der Waals surface area contributed by atoms with Crippen LogP contribution in [0.2, 0.25) is 10.0 Å². The third-order valence-corrected chi connectivity index (χ3v) is 6.15. The van der Waals surface area contributed by atoms with Crippen LogP contribution in [-0.2, 0) is 0 Å². The van der Waals surface area contributed by atoms with Gasteiger partial charge in [-0.2, -0.15) is 0 Å². The number of pyridine rings is 1. The van der Waals surface area contributed by atoms with Crippen molar-refractivity contribution in [3.63, 3.8) is 0 Å². The van der Waals surface area contributed by atoms with Gasteiger partial charge in [0.15, 0.2) is 0 Å². The largest absolute Gasteiger partial charge is 0.507 e. The van der Waals surface area contributed by atoms with E-state index >= 15 is 0 Å². The first-order chi connectivity index (χ1) is 14.3. The number of hydrogen-bond donors (Lipinski definition) is 1. The van der Waals surface area contributed by atoms with Crippen LogP contribution in [0.1, 0.15) is 6.42 Å². The fourth-order valence-electron chi connectivity index (χ4n) is 3.82. The number of aromatic hydroxyl groups is 1. The molecule has 1 fully saturated rings. The van der Waals surface area contributed by atoms with E-state index in [4.69, 9.17) is 28.2 Å². The Balaban J connectivity index is 1.88. The summed E-state index contributed by atoms with van der Waals surface area (Å²) in [6.45, 7) is 1.68. The number of halogens is 3. The fraction of sp³-hybridized carbons (Fsp3) is 0.261. The predicted molar refractivity (Wildman–Crippen MR) is 121 cm³/mol. The van der Waals surface area contributed by atoms with Gasteiger partial charge in [0.25, 0.3) is 0 Å². The molecule has 1 aromatic heterocycles. The van der Waals surface area contributed by atoms with Crippen LogP contribution in [-0.4, -0.2) is 48.2 Å². The highest BCUT2D eigenvalue weighted by Crippen LogP contribution is 2.39. The molecule has 1 N–H and O–H groups in total. The second kappa shape index (κ2) is 8.42. The maximum atomic E-state index is 13.9. The highest BCUT2D eigenvalue weighted by molar-refractivity contribution is 6.39. The molecular weight excluding hydrogens is 424 g/mol. The Labute approximate surface area is 185 Å². The van der Waals surface area contributed by atoms with Crippen LogP contribution in [0.5, 0.6) is 5.75 Å². The summed E-state index contributed by atoms with van der Waals surface area (Å²) >= 11 is 12.9. The zero-order chi connectivity index (χ0) is 21.4. The van der Waals surface area contributed by atoms with E-state index in [2.05, 4.69) is 23.9 Å². The second-order valence-electron chi connectivity index (χ2n) is 7.71. The second-order valence-corrected chi connectivity index (χ2v) is 8.52. The predicted octanol–water partition coefficient (Wildman–Crippen LogP) is 5.71. The lowest BCUT2D eigenvalue weighted by Crippen LogP contribution is -2.31. The van der Waals surface area contributed by atoms with Crippen molar-refractivity contribution in [2.45, 2.75) is 12.5 Å². The van der Waals surface area contributed by atoms with Crippen molar-refractivity contribution in [2.75, 3.05) is 32.1 Å². The number of phenols is 1. The Bertz CT molecular complexity index is 1070. The molecule has 30 heavy (non-hydrogen) atoms. The zero-order valence-electron chi connectivity index (χ0n) is 16.7. The Morgan fingerprint density at radius 1 is 1.10 bits per heavy atom. The minimum absolute atomic E-state index is 0.0372. The summed E-state index contributed by atoms with van der Waals surface area (Å²) in [4.78, 5) is 9.16. The molecule has 1 unspecified atom stereocenters. The minimum Gasteiger partial charge on any atom is -0.507 e. The van der Waals surface area contributed by atoms with Gasteiger partial charge in [-0.25, -0.2) is 9.37 Å². The molecule has 1 saturated heterocycles. The summed E-state index contributed by atoms with van der Waals surface area (Å²) in [5, 5.41) is 11.4. The van der Waals surface area contributed by atoms with Crippen molar-refractivity contribution in [2.24, 2.45) is 0 Å². The van der Waals surface area contributed by atoms with Crippen LogP contribution < -0.4 is 4.90 Å². The van der Waals surface area contributed by atoms with Crippen LogP contribution in [0.4, 0.5) is 10.2 Å². The highest BCUT2D eigenvalue weighted by Gasteiger charge is 2.26. The van der Waals surface area contributed by atoms with Crippen molar-refractivity contribution in [3.8, 4) is 28.1 Å². The van der Waals surface area contributed by atoms with Crippen LogP contribution >= 0.6 is 23.2 Å². The third-order valence-electron chi connectivity index (χ3n) is 5.52. The Hall–Kier alpha value is -2.34. The fourth-order valence-corrected chi connectivity index (χ4v) is 4.43. The first-order valence-electron chi connectivity index (χ1n) is 9.70. The van der Waals surface area contributed by atoms with Gasteiger partial charge in [0.2, 0.25) is 0 Å². The molecule has 0 saturated carbocycles. The van der Waals surface area contributed by atoms with Crippen molar-refractivity contribution in [1.82, 2.24) is 9.88 Å². The van der Waals surface area contributed by atoms with E-state index in [-0.39, 0.29) is 5.75 Å². The number of likely N-dealkylation sites (N-methyl/N-ethyl adjacent to an activating group) is 1. The van der Waals surface area contributed by atoms with Gasteiger partial charge < -0.3 is 14.9 Å². The molecule has 3 aromatic rings. The Kier molecular flexibility index (Phi) is 5.87. The van der Waals surface area contributed by atoms with Gasteiger partial charge >= 0.3 is 0 Å². The maximum absolute atomic E-state index is 13.9. The van der Waals surface area contributed by atoms with Gasteiger partial charge in [0.05, 0.1) is 5.69 Å². The summed E-state index contributed by atoms with van der Waals surface area (Å²) in [5.74, 6) is 0.262. The lowest BCUT2D eigenvalue weighted by atomic mass is 10.0. The van der Waals surface area contributed by atoms with Crippen LogP contribution in [0.25, 0.3) is 22.4 Å². The molecule has 156 valence electrons. The van der Waals surface area contributed by atoms with Crippen LogP contribution in [0.15, 0.2) is 48.5 Å². The first-order valence-corrected chi connectivity index (χ1v) is 10.5. The van der Waals surface area contributed by atoms with Gasteiger partial charge in [-0.1, -0.05) is 29.3 Å². The van der Waals surface area contributed by atoms with Crippen molar-refractivity contribution in [3.05, 3.63) is 64.4 Å². The number of aromatic nitrogens is 1. The summed E-state index contributed by atoms with van der Waals surface area (Å²) in [5.41, 5.74) is 2.24. The van der Waals surface area contributed by atoms with Crippen molar-refractivity contribution >= 4 is 29.0 Å². The quantitative estimate of drug-likeness (QED) is 0.558. The van der Waals surface area contributed by atoms with E-state index in [1.807, 2.05) is 6.07 Å². The average molecular weight is 446 g/mol. The van der Waals surface area contributed by atoms with Crippen molar-refractivity contribution < 1.29 is 9.50 Å². The molecule has 0 amide bonds. The number of phenolic OH excluding ortho intramolecular Hbond substituents is 1. The normalized spacial score (nSPS) is 16.5. The summed E-state index contributed by atoms with van der Waals surface area (Å²) in [7, 11) is 4.13. The van der Waals surface area contributed by atoms with E-state index in [1.54, 1.807) is 24.3 Å². The molecule has 0 aliphatic carbocycles. The molecule has 2 heterocycles. The number of rotatable bonds is 4. The monoisotopic (exact) mass is 445 g/mol. The van der Waals surface area contributed by atoms with E-state index in [9.17, 15) is 9.50 Å². The summed E-state index contributed by atoms with van der Waals surface area (Å²) < 4.78 is 13.9. The van der Waals surface area contributed by atoms with E-state index in [0.29, 0.717) is 32.9 Å². The Morgan fingerprint density at radius 2 is 1.83 bits per heavy atom.